The number of anilines is 2. The van der Waals surface area contributed by atoms with Crippen molar-refractivity contribution in [3.8, 4) is 17.0 Å². The van der Waals surface area contributed by atoms with E-state index in [9.17, 15) is 0 Å². The van der Waals surface area contributed by atoms with Crippen molar-refractivity contribution < 1.29 is 4.74 Å². The molecule has 6 nitrogen and oxygen atoms in total. The second kappa shape index (κ2) is 7.95. The summed E-state index contributed by atoms with van der Waals surface area (Å²) in [5.74, 6) is 2.20. The Hall–Kier alpha value is -3.12. The highest BCUT2D eigenvalue weighted by molar-refractivity contribution is 5.76. The zero-order valence-corrected chi connectivity index (χ0v) is 17.3. The molecule has 2 N–H and O–H groups in total. The molecule has 0 unspecified atom stereocenters. The van der Waals surface area contributed by atoms with Gasteiger partial charge >= 0.3 is 0 Å². The van der Waals surface area contributed by atoms with Crippen LogP contribution >= 0.6 is 0 Å². The minimum absolute atomic E-state index is 0.339. The first-order valence-electron chi connectivity index (χ1n) is 10.6. The maximum absolute atomic E-state index is 6.16. The number of piperazine rings is 1. The molecule has 2 aromatic carbocycles. The molecule has 5 rings (SSSR count). The first-order valence-corrected chi connectivity index (χ1v) is 10.6. The third kappa shape index (κ3) is 3.71. The molecular weight excluding hydrogens is 374 g/mol. The Labute approximate surface area is 177 Å². The zero-order valence-electron chi connectivity index (χ0n) is 17.3. The van der Waals surface area contributed by atoms with Crippen molar-refractivity contribution in [1.29, 1.82) is 0 Å². The SMILES string of the molecule is CN1CCN(c2nc(N)nc3c2CCc2ccc(OCc4ccccc4)cc2-3)CC1. The molecule has 2 heterocycles. The van der Waals surface area contributed by atoms with Gasteiger partial charge in [0.2, 0.25) is 5.95 Å². The van der Waals surface area contributed by atoms with Crippen LogP contribution in [0, 0.1) is 0 Å². The monoisotopic (exact) mass is 401 g/mol. The highest BCUT2D eigenvalue weighted by atomic mass is 16.5. The minimum atomic E-state index is 0.339. The molecule has 1 saturated heterocycles. The van der Waals surface area contributed by atoms with E-state index in [-0.39, 0.29) is 0 Å². The van der Waals surface area contributed by atoms with Gasteiger partial charge in [-0.05, 0) is 43.1 Å². The van der Waals surface area contributed by atoms with E-state index in [2.05, 4.69) is 57.1 Å². The number of hydrogen-bond donors (Lipinski definition) is 1. The second-order valence-electron chi connectivity index (χ2n) is 8.12. The number of benzene rings is 2. The minimum Gasteiger partial charge on any atom is -0.489 e. The van der Waals surface area contributed by atoms with Crippen LogP contribution in [0.5, 0.6) is 5.75 Å². The van der Waals surface area contributed by atoms with Gasteiger partial charge in [-0.1, -0.05) is 36.4 Å². The summed E-state index contributed by atoms with van der Waals surface area (Å²) in [5, 5.41) is 0. The van der Waals surface area contributed by atoms with Crippen molar-refractivity contribution in [2.45, 2.75) is 19.4 Å². The van der Waals surface area contributed by atoms with E-state index in [0.29, 0.717) is 12.6 Å². The lowest BCUT2D eigenvalue weighted by Gasteiger charge is -2.35. The maximum atomic E-state index is 6.16. The smallest absolute Gasteiger partial charge is 0.222 e. The van der Waals surface area contributed by atoms with Crippen molar-refractivity contribution in [3.63, 3.8) is 0 Å². The number of aromatic nitrogens is 2. The van der Waals surface area contributed by atoms with Gasteiger partial charge in [0.1, 0.15) is 18.2 Å². The normalized spacial score (nSPS) is 16.1. The van der Waals surface area contributed by atoms with E-state index >= 15 is 0 Å². The van der Waals surface area contributed by atoms with Crippen LogP contribution in [0.15, 0.2) is 48.5 Å². The summed E-state index contributed by atoms with van der Waals surface area (Å²) in [6, 6.07) is 16.5. The molecule has 3 aromatic rings. The molecule has 1 fully saturated rings. The van der Waals surface area contributed by atoms with Crippen LogP contribution < -0.4 is 15.4 Å². The van der Waals surface area contributed by atoms with Gasteiger partial charge in [0.25, 0.3) is 0 Å². The van der Waals surface area contributed by atoms with Crippen LogP contribution in [0.1, 0.15) is 16.7 Å². The fraction of sp³-hybridized carbons (Fsp3) is 0.333. The number of likely N-dealkylation sites (N-methyl/N-ethyl adjacent to an activating group) is 1. The Morgan fingerprint density at radius 3 is 2.57 bits per heavy atom. The van der Waals surface area contributed by atoms with Crippen molar-refractivity contribution >= 4 is 11.8 Å². The van der Waals surface area contributed by atoms with E-state index in [0.717, 1.165) is 67.4 Å². The number of nitrogens with zero attached hydrogens (tertiary/aromatic N) is 4. The number of nitrogen functional groups attached to an aromatic ring is 1. The Morgan fingerprint density at radius 2 is 1.77 bits per heavy atom. The van der Waals surface area contributed by atoms with Gasteiger partial charge in [0.05, 0.1) is 5.69 Å². The molecule has 0 spiro atoms. The molecule has 154 valence electrons. The molecule has 1 aliphatic heterocycles. The third-order valence-electron chi connectivity index (χ3n) is 6.03. The highest BCUT2D eigenvalue weighted by Gasteiger charge is 2.26. The van der Waals surface area contributed by atoms with E-state index < -0.39 is 0 Å². The quantitative estimate of drug-likeness (QED) is 0.724. The topological polar surface area (TPSA) is 67.5 Å². The predicted octanol–water partition coefficient (Wildman–Crippen LogP) is 3.16. The summed E-state index contributed by atoms with van der Waals surface area (Å²) in [5.41, 5.74) is 11.9. The molecule has 0 radical (unpaired) electrons. The average molecular weight is 402 g/mol. The second-order valence-corrected chi connectivity index (χ2v) is 8.12. The molecule has 1 aromatic heterocycles. The first-order chi connectivity index (χ1) is 14.7. The van der Waals surface area contributed by atoms with Crippen LogP contribution in [-0.2, 0) is 19.4 Å². The summed E-state index contributed by atoms with van der Waals surface area (Å²) in [6.07, 6.45) is 1.92. The van der Waals surface area contributed by atoms with Crippen LogP contribution in [0.25, 0.3) is 11.3 Å². The van der Waals surface area contributed by atoms with E-state index in [1.165, 1.54) is 11.1 Å². The van der Waals surface area contributed by atoms with Gasteiger partial charge in [0, 0.05) is 37.3 Å². The molecule has 0 saturated carbocycles. The molecule has 0 atom stereocenters. The van der Waals surface area contributed by atoms with Gasteiger partial charge in [-0.15, -0.1) is 0 Å². The summed E-state index contributed by atoms with van der Waals surface area (Å²) < 4.78 is 6.07. The molecule has 1 aliphatic carbocycles. The third-order valence-corrected chi connectivity index (χ3v) is 6.03. The maximum Gasteiger partial charge on any atom is 0.222 e. The number of aryl methyl sites for hydroxylation is 1. The lowest BCUT2D eigenvalue weighted by Crippen LogP contribution is -2.45. The molecule has 30 heavy (non-hydrogen) atoms. The summed E-state index contributed by atoms with van der Waals surface area (Å²) in [6.45, 7) is 4.55. The number of fused-ring (bicyclic) bond motifs is 3. The Kier molecular flexibility index (Phi) is 5.01. The summed E-state index contributed by atoms with van der Waals surface area (Å²) >= 11 is 0. The standard InChI is InChI=1S/C24H27N5O/c1-28-11-13-29(14-12-28)23-20-10-8-18-7-9-19(30-16-17-5-3-2-4-6-17)15-21(18)22(20)26-24(25)27-23/h2-7,9,15H,8,10-14,16H2,1H3,(H2,25,26,27). The zero-order chi connectivity index (χ0) is 20.5. The van der Waals surface area contributed by atoms with Crippen LogP contribution in [0.4, 0.5) is 11.8 Å². The van der Waals surface area contributed by atoms with Crippen molar-refractivity contribution in [2.24, 2.45) is 0 Å². The van der Waals surface area contributed by atoms with Gasteiger partial charge in [-0.2, -0.15) is 4.98 Å². The van der Waals surface area contributed by atoms with Crippen molar-refractivity contribution in [3.05, 3.63) is 65.2 Å². The van der Waals surface area contributed by atoms with Crippen LogP contribution in [0.3, 0.4) is 0 Å². The Morgan fingerprint density at radius 1 is 0.967 bits per heavy atom. The highest BCUT2D eigenvalue weighted by Crippen LogP contribution is 2.38. The average Bonchev–Trinajstić information content (AvgIpc) is 2.78. The molecular formula is C24H27N5O. The van der Waals surface area contributed by atoms with E-state index in [4.69, 9.17) is 10.5 Å². The Balaban J connectivity index is 1.47. The summed E-state index contributed by atoms with van der Waals surface area (Å²) in [7, 11) is 2.16. The Bertz CT molecular complexity index is 1040. The largest absolute Gasteiger partial charge is 0.489 e. The van der Waals surface area contributed by atoms with Gasteiger partial charge < -0.3 is 20.3 Å². The predicted molar refractivity (Wildman–Crippen MR) is 120 cm³/mol. The van der Waals surface area contributed by atoms with Gasteiger partial charge in [-0.3, -0.25) is 0 Å². The lowest BCUT2D eigenvalue weighted by molar-refractivity contribution is 0.306. The molecule has 0 bridgehead atoms. The molecule has 2 aliphatic rings. The van der Waals surface area contributed by atoms with Crippen molar-refractivity contribution in [1.82, 2.24) is 14.9 Å². The summed E-state index contributed by atoms with van der Waals surface area (Å²) in [4.78, 5) is 14.0. The van der Waals surface area contributed by atoms with Gasteiger partial charge in [-0.25, -0.2) is 4.98 Å². The van der Waals surface area contributed by atoms with E-state index in [1.807, 2.05) is 18.2 Å². The number of rotatable bonds is 4. The van der Waals surface area contributed by atoms with Crippen molar-refractivity contribution in [2.75, 3.05) is 43.9 Å². The van der Waals surface area contributed by atoms with Crippen LogP contribution in [0.2, 0.25) is 0 Å². The van der Waals surface area contributed by atoms with E-state index in [1.54, 1.807) is 0 Å². The molecule has 0 amide bonds. The van der Waals surface area contributed by atoms with Crippen LogP contribution in [-0.4, -0.2) is 48.1 Å². The van der Waals surface area contributed by atoms with Gasteiger partial charge in [0.15, 0.2) is 0 Å². The molecule has 6 heteroatoms. The fourth-order valence-electron chi connectivity index (χ4n) is 4.31. The first kappa shape index (κ1) is 18.9. The fourth-order valence-corrected chi connectivity index (χ4v) is 4.31. The number of nitrogens with two attached hydrogens (primary N) is 1. The number of hydrogen-bond acceptors (Lipinski definition) is 6. The number of ether oxygens (including phenoxy) is 1. The lowest BCUT2D eigenvalue weighted by atomic mass is 9.88.